The van der Waals surface area contributed by atoms with Gasteiger partial charge in [-0.2, -0.15) is 0 Å². The molecule has 2 rings (SSSR count). The molecule has 0 atom stereocenters. The summed E-state index contributed by atoms with van der Waals surface area (Å²) in [7, 11) is 1.43. The molecule has 1 fully saturated rings. The van der Waals surface area contributed by atoms with Crippen LogP contribution in [0.1, 0.15) is 18.4 Å². The summed E-state index contributed by atoms with van der Waals surface area (Å²) in [6.07, 6.45) is 3.69. The molecular weight excluding hydrogens is 244 g/mol. The third-order valence-electron chi connectivity index (χ3n) is 3.03. The molecule has 1 aliphatic rings. The first kappa shape index (κ1) is 11.8. The van der Waals surface area contributed by atoms with E-state index in [0.717, 1.165) is 23.3 Å². The Morgan fingerprint density at radius 1 is 1.50 bits per heavy atom. The lowest BCUT2D eigenvalue weighted by atomic mass is 9.96. The van der Waals surface area contributed by atoms with Crippen LogP contribution < -0.4 is 0 Å². The Bertz CT molecular complexity index is 427. The zero-order valence-electron chi connectivity index (χ0n) is 9.25. The maximum Gasteiger partial charge on any atom is 0.316 e. The van der Waals surface area contributed by atoms with Crippen molar-refractivity contribution in [3.05, 3.63) is 28.8 Å². The van der Waals surface area contributed by atoms with E-state index in [9.17, 15) is 4.79 Å². The molecule has 1 aromatic carbocycles. The molecular formula is C12H13ClO2S. The van der Waals surface area contributed by atoms with Gasteiger partial charge in [-0.15, -0.1) is 11.8 Å². The molecule has 0 unspecified atom stereocenters. The normalized spacial score (nSPS) is 16.9. The Morgan fingerprint density at radius 3 is 2.62 bits per heavy atom. The molecule has 0 bridgehead atoms. The number of esters is 1. The molecule has 0 radical (unpaired) electrons. The van der Waals surface area contributed by atoms with Crippen LogP contribution in [0.2, 0.25) is 5.02 Å². The summed E-state index contributed by atoms with van der Waals surface area (Å²) in [4.78, 5) is 12.7. The van der Waals surface area contributed by atoms with Crippen LogP contribution in [0, 0.1) is 0 Å². The molecule has 0 aromatic heterocycles. The second kappa shape index (κ2) is 4.30. The van der Waals surface area contributed by atoms with Gasteiger partial charge in [0.15, 0.2) is 0 Å². The molecule has 0 heterocycles. The number of ether oxygens (including phenoxy) is 1. The molecule has 1 aromatic rings. The molecule has 0 aliphatic heterocycles. The SMILES string of the molecule is COC(=O)C1(c2ccc(SC)c(Cl)c2)CC1. The zero-order valence-corrected chi connectivity index (χ0v) is 10.8. The Morgan fingerprint density at radius 2 is 2.19 bits per heavy atom. The zero-order chi connectivity index (χ0) is 11.8. The van der Waals surface area contributed by atoms with Gasteiger partial charge in [0.2, 0.25) is 0 Å². The van der Waals surface area contributed by atoms with E-state index >= 15 is 0 Å². The second-order valence-electron chi connectivity index (χ2n) is 3.92. The van der Waals surface area contributed by atoms with E-state index in [2.05, 4.69) is 0 Å². The van der Waals surface area contributed by atoms with Gasteiger partial charge < -0.3 is 4.74 Å². The lowest BCUT2D eigenvalue weighted by Crippen LogP contribution is -2.21. The quantitative estimate of drug-likeness (QED) is 0.613. The molecule has 2 nitrogen and oxygen atoms in total. The van der Waals surface area contributed by atoms with E-state index in [4.69, 9.17) is 16.3 Å². The number of halogens is 1. The highest BCUT2D eigenvalue weighted by molar-refractivity contribution is 7.98. The van der Waals surface area contributed by atoms with Crippen molar-refractivity contribution in [2.75, 3.05) is 13.4 Å². The van der Waals surface area contributed by atoms with E-state index in [1.54, 1.807) is 11.8 Å². The first-order chi connectivity index (χ1) is 7.64. The van der Waals surface area contributed by atoms with Crippen LogP contribution in [-0.4, -0.2) is 19.3 Å². The van der Waals surface area contributed by atoms with Crippen molar-refractivity contribution >= 4 is 29.3 Å². The monoisotopic (exact) mass is 256 g/mol. The van der Waals surface area contributed by atoms with Crippen molar-refractivity contribution in [1.82, 2.24) is 0 Å². The molecule has 1 aliphatic carbocycles. The highest BCUT2D eigenvalue weighted by atomic mass is 35.5. The van der Waals surface area contributed by atoms with Crippen LogP contribution in [0.15, 0.2) is 23.1 Å². The standard InChI is InChI=1S/C12H13ClO2S/c1-15-11(14)12(5-6-12)8-3-4-10(16-2)9(13)7-8/h3-4,7H,5-6H2,1-2H3. The Labute approximate surface area is 104 Å². The summed E-state index contributed by atoms with van der Waals surface area (Å²) in [6.45, 7) is 0. The maximum absolute atomic E-state index is 11.7. The molecule has 0 amide bonds. The van der Waals surface area contributed by atoms with Crippen LogP contribution in [0.4, 0.5) is 0 Å². The van der Waals surface area contributed by atoms with Crippen LogP contribution in [0.25, 0.3) is 0 Å². The van der Waals surface area contributed by atoms with Crippen molar-refractivity contribution < 1.29 is 9.53 Å². The van der Waals surface area contributed by atoms with Gasteiger partial charge in [0.25, 0.3) is 0 Å². The van der Waals surface area contributed by atoms with Gasteiger partial charge in [-0.25, -0.2) is 0 Å². The topological polar surface area (TPSA) is 26.3 Å². The molecule has 4 heteroatoms. The molecule has 16 heavy (non-hydrogen) atoms. The highest BCUT2D eigenvalue weighted by Gasteiger charge is 2.52. The van der Waals surface area contributed by atoms with Crippen LogP contribution in [0.5, 0.6) is 0 Å². The third-order valence-corrected chi connectivity index (χ3v) is 4.25. The number of carbonyl (C=O) groups is 1. The first-order valence-electron chi connectivity index (χ1n) is 5.06. The highest BCUT2D eigenvalue weighted by Crippen LogP contribution is 2.50. The number of methoxy groups -OCH3 is 1. The fraction of sp³-hybridized carbons (Fsp3) is 0.417. The van der Waals surface area contributed by atoms with Gasteiger partial charge in [-0.1, -0.05) is 17.7 Å². The van der Waals surface area contributed by atoms with Crippen molar-refractivity contribution in [1.29, 1.82) is 0 Å². The summed E-state index contributed by atoms with van der Waals surface area (Å²) in [6, 6.07) is 5.82. The Balaban J connectivity index is 2.35. The van der Waals surface area contributed by atoms with Crippen molar-refractivity contribution in [3.8, 4) is 0 Å². The minimum Gasteiger partial charge on any atom is -0.468 e. The molecule has 0 saturated heterocycles. The lowest BCUT2D eigenvalue weighted by molar-refractivity contribution is -0.143. The number of thioether (sulfide) groups is 1. The van der Waals surface area contributed by atoms with Crippen LogP contribution in [-0.2, 0) is 14.9 Å². The molecule has 86 valence electrons. The first-order valence-corrected chi connectivity index (χ1v) is 6.67. The van der Waals surface area contributed by atoms with Gasteiger partial charge in [0.1, 0.15) is 0 Å². The van der Waals surface area contributed by atoms with Gasteiger partial charge in [-0.3, -0.25) is 4.79 Å². The fourth-order valence-corrected chi connectivity index (χ4v) is 2.77. The number of hydrogen-bond acceptors (Lipinski definition) is 3. The van der Waals surface area contributed by atoms with E-state index < -0.39 is 5.41 Å². The third kappa shape index (κ3) is 1.82. The van der Waals surface area contributed by atoms with Crippen molar-refractivity contribution in [2.24, 2.45) is 0 Å². The second-order valence-corrected chi connectivity index (χ2v) is 5.18. The minimum absolute atomic E-state index is 0.152. The summed E-state index contributed by atoms with van der Waals surface area (Å²) in [5, 5.41) is 0.708. The molecule has 0 spiro atoms. The van der Waals surface area contributed by atoms with Crippen LogP contribution in [0.3, 0.4) is 0 Å². The summed E-state index contributed by atoms with van der Waals surface area (Å²) in [5.41, 5.74) is 0.553. The molecule has 0 N–H and O–H groups in total. The number of rotatable bonds is 3. The van der Waals surface area contributed by atoms with E-state index in [1.165, 1.54) is 7.11 Å². The number of carbonyl (C=O) groups excluding carboxylic acids is 1. The largest absolute Gasteiger partial charge is 0.468 e. The number of benzene rings is 1. The Kier molecular flexibility index (Phi) is 3.17. The predicted molar refractivity (Wildman–Crippen MR) is 66.2 cm³/mol. The average Bonchev–Trinajstić information content (AvgIpc) is 3.09. The summed E-state index contributed by atoms with van der Waals surface area (Å²) in [5.74, 6) is -0.152. The summed E-state index contributed by atoms with van der Waals surface area (Å²) < 4.78 is 4.84. The van der Waals surface area contributed by atoms with Gasteiger partial charge in [0.05, 0.1) is 17.5 Å². The van der Waals surface area contributed by atoms with Gasteiger partial charge >= 0.3 is 5.97 Å². The minimum atomic E-state index is -0.421. The maximum atomic E-state index is 11.7. The smallest absolute Gasteiger partial charge is 0.316 e. The van der Waals surface area contributed by atoms with E-state index in [-0.39, 0.29) is 5.97 Å². The van der Waals surface area contributed by atoms with Gasteiger partial charge in [-0.05, 0) is 36.8 Å². The molecule has 1 saturated carbocycles. The lowest BCUT2D eigenvalue weighted by Gasteiger charge is -2.14. The van der Waals surface area contributed by atoms with E-state index in [0.29, 0.717) is 5.02 Å². The van der Waals surface area contributed by atoms with Gasteiger partial charge in [0, 0.05) is 4.90 Å². The van der Waals surface area contributed by atoms with Crippen molar-refractivity contribution in [2.45, 2.75) is 23.2 Å². The summed E-state index contributed by atoms with van der Waals surface area (Å²) >= 11 is 7.74. The predicted octanol–water partition coefficient (Wildman–Crippen LogP) is 3.27. The van der Waals surface area contributed by atoms with E-state index in [1.807, 2.05) is 24.5 Å². The fourth-order valence-electron chi connectivity index (χ4n) is 1.90. The Hall–Kier alpha value is -0.670. The average molecular weight is 257 g/mol. The van der Waals surface area contributed by atoms with Crippen LogP contribution >= 0.6 is 23.4 Å². The number of hydrogen-bond donors (Lipinski definition) is 0. The van der Waals surface area contributed by atoms with Crippen molar-refractivity contribution in [3.63, 3.8) is 0 Å².